The quantitative estimate of drug-likeness (QED) is 0.250. The first kappa shape index (κ1) is 17.9. The highest BCUT2D eigenvalue weighted by molar-refractivity contribution is 8.00. The molecule has 2 saturated heterocycles. The predicted octanol–water partition coefficient (Wildman–Crippen LogP) is -0.440. The van der Waals surface area contributed by atoms with Crippen LogP contribution in [0.4, 0.5) is 4.79 Å². The van der Waals surface area contributed by atoms with Crippen LogP contribution in [0.3, 0.4) is 0 Å². The van der Waals surface area contributed by atoms with E-state index in [2.05, 4.69) is 15.4 Å². The van der Waals surface area contributed by atoms with E-state index in [9.17, 15) is 19.2 Å². The predicted molar refractivity (Wildman–Crippen MR) is 88.0 cm³/mol. The minimum atomic E-state index is -1.65. The van der Waals surface area contributed by atoms with E-state index in [4.69, 9.17) is 9.84 Å². The highest BCUT2D eigenvalue weighted by Gasteiger charge is 2.68. The largest absolute Gasteiger partial charge is 0.507 e. The van der Waals surface area contributed by atoms with E-state index in [1.807, 2.05) is 0 Å². The first-order valence-electron chi connectivity index (χ1n) is 7.52. The fourth-order valence-corrected chi connectivity index (χ4v) is 4.25. The van der Waals surface area contributed by atoms with Crippen molar-refractivity contribution in [1.82, 2.24) is 15.5 Å². The monoisotopic (exact) mass is 381 g/mol. The molecule has 0 radical (unpaired) electrons. The number of rotatable bonds is 7. The van der Waals surface area contributed by atoms with Gasteiger partial charge in [0.15, 0.2) is 12.8 Å². The molecule has 1 aromatic rings. The molecule has 26 heavy (non-hydrogen) atoms. The van der Waals surface area contributed by atoms with Crippen molar-refractivity contribution < 1.29 is 33.8 Å². The number of carbonyl (C=O) groups excluding carboxylic acids is 3. The molecule has 0 spiro atoms. The number of carboxylic acid groups (broad SMARTS) is 1. The van der Waals surface area contributed by atoms with E-state index < -0.39 is 35.2 Å². The van der Waals surface area contributed by atoms with Crippen LogP contribution in [0.25, 0.3) is 0 Å². The van der Waals surface area contributed by atoms with Gasteiger partial charge in [-0.05, 0) is 12.1 Å². The Morgan fingerprint density at radius 1 is 1.38 bits per heavy atom. The summed E-state index contributed by atoms with van der Waals surface area (Å²) in [5.41, 5.74) is -1.65. The number of thioether (sulfide) groups is 1. The van der Waals surface area contributed by atoms with Crippen LogP contribution in [0, 0.1) is 0 Å². The van der Waals surface area contributed by atoms with E-state index in [0.29, 0.717) is 12.2 Å². The minimum Gasteiger partial charge on any atom is -0.484 e. The Bertz CT molecular complexity index is 731. The molecule has 0 aromatic heterocycles. The van der Waals surface area contributed by atoms with Crippen LogP contribution in [0.2, 0.25) is 0 Å². The van der Waals surface area contributed by atoms with Crippen molar-refractivity contribution in [3.05, 3.63) is 30.3 Å². The summed E-state index contributed by atoms with van der Waals surface area (Å²) in [6, 6.07) is 8.62. The maximum absolute atomic E-state index is 12.5. The molecule has 11 heteroatoms. The van der Waals surface area contributed by atoms with E-state index in [1.54, 1.807) is 30.3 Å². The summed E-state index contributed by atoms with van der Waals surface area (Å²) in [7, 11) is 0. The smallest absolute Gasteiger partial charge is 0.484 e. The van der Waals surface area contributed by atoms with Crippen molar-refractivity contribution >= 4 is 36.1 Å². The number of carbonyl (C=O) groups is 4. The van der Waals surface area contributed by atoms with E-state index in [1.165, 1.54) is 16.7 Å². The van der Waals surface area contributed by atoms with Crippen LogP contribution in [0.15, 0.2) is 30.3 Å². The van der Waals surface area contributed by atoms with Crippen molar-refractivity contribution in [3.8, 4) is 5.75 Å². The maximum atomic E-state index is 12.5. The van der Waals surface area contributed by atoms with Gasteiger partial charge in [-0.1, -0.05) is 18.2 Å². The molecule has 0 saturated carbocycles. The number of nitrogens with one attached hydrogen (secondary N) is 2. The summed E-state index contributed by atoms with van der Waals surface area (Å²) in [4.78, 5) is 47.6. The normalized spacial score (nSPS) is 26.3. The van der Waals surface area contributed by atoms with Crippen LogP contribution < -0.4 is 15.4 Å². The molecule has 1 aromatic carbocycles. The number of nitrogens with zero attached hydrogens (tertiary/aromatic N) is 1. The van der Waals surface area contributed by atoms with Gasteiger partial charge in [0, 0.05) is 0 Å². The Balaban J connectivity index is 1.65. The van der Waals surface area contributed by atoms with E-state index in [-0.39, 0.29) is 12.4 Å². The Morgan fingerprint density at radius 2 is 2.12 bits per heavy atom. The van der Waals surface area contributed by atoms with Crippen LogP contribution in [0.1, 0.15) is 0 Å². The lowest BCUT2D eigenvalue weighted by atomic mass is 9.97. The standard InChI is InChI=1S/C15H15N3O7S/c19-8-16-15(17-10(20)6-24-9-4-2-1-3-5-9)12(21)18-11(25-14(22)23)7-26-13(15)18/h1-5,8,11,13H,6-7H2,(H,16,19)(H,17,20)(H,22,23)/t11?,13-,15+/m0/s1. The van der Waals surface area contributed by atoms with Gasteiger partial charge in [-0.25, -0.2) is 4.79 Å². The molecule has 138 valence electrons. The van der Waals surface area contributed by atoms with Crippen molar-refractivity contribution in [1.29, 1.82) is 0 Å². The van der Waals surface area contributed by atoms with Crippen LogP contribution in [0.5, 0.6) is 5.75 Å². The number of β-lactam (4-membered cyclic amide) rings is 1. The van der Waals surface area contributed by atoms with Gasteiger partial charge >= 0.3 is 6.16 Å². The van der Waals surface area contributed by atoms with Gasteiger partial charge in [0.05, 0.1) is 5.75 Å². The molecule has 2 fully saturated rings. The number of hydrogen-bond donors (Lipinski definition) is 3. The Labute approximate surface area is 151 Å². The molecule has 3 N–H and O–H groups in total. The van der Waals surface area contributed by atoms with Gasteiger partial charge < -0.3 is 25.2 Å². The lowest BCUT2D eigenvalue weighted by Crippen LogP contribution is -2.84. The molecular formula is C15H15N3O7S. The van der Waals surface area contributed by atoms with Gasteiger partial charge in [0.25, 0.3) is 11.8 Å². The average molecular weight is 381 g/mol. The molecule has 3 amide bonds. The van der Waals surface area contributed by atoms with Gasteiger partial charge in [0.2, 0.25) is 12.1 Å². The Kier molecular flexibility index (Phi) is 4.89. The van der Waals surface area contributed by atoms with E-state index in [0.717, 1.165) is 0 Å². The molecule has 3 rings (SSSR count). The molecule has 0 bridgehead atoms. The first-order chi connectivity index (χ1) is 12.5. The van der Waals surface area contributed by atoms with Crippen molar-refractivity contribution in [2.75, 3.05) is 12.4 Å². The second-order valence-corrected chi connectivity index (χ2v) is 6.57. The summed E-state index contributed by atoms with van der Waals surface area (Å²) in [5, 5.41) is 12.9. The molecule has 1 unspecified atom stereocenters. The topological polar surface area (TPSA) is 134 Å². The third kappa shape index (κ3) is 3.12. The maximum Gasteiger partial charge on any atom is 0.507 e. The number of amides is 3. The SMILES string of the molecule is O=CN[C@@]1(NC(=O)COc2ccccc2)C(=O)N2C(OC(=O)O)CS[C@H]21. The molecule has 2 heterocycles. The highest BCUT2D eigenvalue weighted by atomic mass is 32.2. The van der Waals surface area contributed by atoms with Gasteiger partial charge in [0.1, 0.15) is 11.1 Å². The van der Waals surface area contributed by atoms with Gasteiger partial charge in [-0.15, -0.1) is 11.8 Å². The number of benzene rings is 1. The summed E-state index contributed by atoms with van der Waals surface area (Å²) in [6.07, 6.45) is -2.17. The molecular weight excluding hydrogens is 366 g/mol. The van der Waals surface area contributed by atoms with E-state index >= 15 is 0 Å². The second-order valence-electron chi connectivity index (χ2n) is 5.46. The fourth-order valence-electron chi connectivity index (χ4n) is 2.81. The third-order valence-electron chi connectivity index (χ3n) is 3.88. The van der Waals surface area contributed by atoms with Crippen molar-refractivity contribution in [2.45, 2.75) is 17.3 Å². The summed E-state index contributed by atoms with van der Waals surface area (Å²) in [6.45, 7) is -0.355. The zero-order valence-electron chi connectivity index (χ0n) is 13.3. The van der Waals surface area contributed by atoms with Crippen LogP contribution in [-0.4, -0.2) is 64.0 Å². The van der Waals surface area contributed by atoms with Gasteiger partial charge in [-0.2, -0.15) is 0 Å². The second kappa shape index (κ2) is 7.12. The third-order valence-corrected chi connectivity index (χ3v) is 5.25. The molecule has 2 aliphatic heterocycles. The summed E-state index contributed by atoms with van der Waals surface area (Å²) in [5.74, 6) is -0.591. The number of ether oxygens (including phenoxy) is 2. The Hall–Kier alpha value is -2.95. The minimum absolute atomic E-state index is 0.196. The van der Waals surface area contributed by atoms with Gasteiger partial charge in [-0.3, -0.25) is 19.3 Å². The molecule has 0 aliphatic carbocycles. The number of fused-ring (bicyclic) bond motifs is 1. The zero-order valence-corrected chi connectivity index (χ0v) is 14.1. The average Bonchev–Trinajstić information content (AvgIpc) is 3.00. The summed E-state index contributed by atoms with van der Waals surface area (Å²) >= 11 is 1.19. The zero-order chi connectivity index (χ0) is 18.7. The van der Waals surface area contributed by atoms with Crippen LogP contribution in [-0.2, 0) is 19.1 Å². The summed E-state index contributed by atoms with van der Waals surface area (Å²) < 4.78 is 9.96. The number of para-hydroxylation sites is 1. The molecule has 10 nitrogen and oxygen atoms in total. The highest BCUT2D eigenvalue weighted by Crippen LogP contribution is 2.45. The van der Waals surface area contributed by atoms with Crippen LogP contribution >= 0.6 is 11.8 Å². The fraction of sp³-hybridized carbons (Fsp3) is 0.333. The van der Waals surface area contributed by atoms with Crippen molar-refractivity contribution in [2.24, 2.45) is 0 Å². The van der Waals surface area contributed by atoms with Crippen molar-refractivity contribution in [3.63, 3.8) is 0 Å². The number of hydrogen-bond acceptors (Lipinski definition) is 7. The lowest BCUT2D eigenvalue weighted by Gasteiger charge is -2.52. The Morgan fingerprint density at radius 3 is 2.77 bits per heavy atom. The molecule has 3 atom stereocenters. The lowest BCUT2D eigenvalue weighted by molar-refractivity contribution is -0.175. The first-order valence-corrected chi connectivity index (χ1v) is 8.57. The molecule has 2 aliphatic rings.